The number of rotatable bonds is 6. The lowest BCUT2D eigenvalue weighted by molar-refractivity contribution is 0.167. The van der Waals surface area contributed by atoms with E-state index in [1.807, 2.05) is 42.5 Å². The highest BCUT2D eigenvalue weighted by atomic mass is 32.2. The van der Waals surface area contributed by atoms with Gasteiger partial charge in [-0.25, -0.2) is 4.79 Å². The van der Waals surface area contributed by atoms with Crippen LogP contribution in [0.2, 0.25) is 0 Å². The summed E-state index contributed by atoms with van der Waals surface area (Å²) < 4.78 is 7.73. The molecule has 7 heteroatoms. The Bertz CT molecular complexity index is 1570. The fourth-order valence-corrected chi connectivity index (χ4v) is 6.15. The van der Waals surface area contributed by atoms with Crippen LogP contribution in [-0.2, 0) is 5.75 Å². The lowest BCUT2D eigenvalue weighted by Gasteiger charge is -2.31. The smallest absolute Gasteiger partial charge is 0.336 e. The molecule has 0 spiro atoms. The van der Waals surface area contributed by atoms with Crippen LogP contribution >= 0.6 is 11.8 Å². The van der Waals surface area contributed by atoms with E-state index >= 15 is 0 Å². The summed E-state index contributed by atoms with van der Waals surface area (Å²) in [4.78, 5) is 14.9. The number of aromatic nitrogens is 3. The van der Waals surface area contributed by atoms with Gasteiger partial charge in [-0.15, -0.1) is 10.2 Å². The number of nitrogens with zero attached hydrogens (tertiary/aromatic N) is 4. The molecule has 3 heterocycles. The van der Waals surface area contributed by atoms with Gasteiger partial charge >= 0.3 is 5.63 Å². The summed E-state index contributed by atoms with van der Waals surface area (Å²) in [6, 6.07) is 24.2. The third kappa shape index (κ3) is 4.33. The Morgan fingerprint density at radius 3 is 2.56 bits per heavy atom. The Morgan fingerprint density at radius 2 is 1.72 bits per heavy atom. The average molecular weight is 497 g/mol. The van der Waals surface area contributed by atoms with Crippen molar-refractivity contribution in [3.05, 3.63) is 94.6 Å². The molecule has 0 radical (unpaired) electrons. The highest BCUT2D eigenvalue weighted by Crippen LogP contribution is 2.34. The third-order valence-electron chi connectivity index (χ3n) is 7.06. The van der Waals surface area contributed by atoms with Crippen LogP contribution in [0, 0.1) is 0 Å². The Morgan fingerprint density at radius 1 is 0.944 bits per heavy atom. The molecule has 1 atom stereocenters. The van der Waals surface area contributed by atoms with Gasteiger partial charge in [0.15, 0.2) is 11.0 Å². The normalized spacial score (nSPS) is 15.5. The van der Waals surface area contributed by atoms with Crippen molar-refractivity contribution in [3.8, 4) is 5.69 Å². The zero-order valence-corrected chi connectivity index (χ0v) is 21.1. The van der Waals surface area contributed by atoms with E-state index in [9.17, 15) is 4.79 Å². The predicted octanol–water partition coefficient (Wildman–Crippen LogP) is 6.37. The van der Waals surface area contributed by atoms with E-state index in [2.05, 4.69) is 50.9 Å². The van der Waals surface area contributed by atoms with Crippen LogP contribution in [0.1, 0.15) is 43.6 Å². The van der Waals surface area contributed by atoms with Crippen LogP contribution in [0.5, 0.6) is 0 Å². The maximum atomic E-state index is 12.4. The molecule has 0 saturated carbocycles. The van der Waals surface area contributed by atoms with Crippen molar-refractivity contribution in [2.45, 2.75) is 43.1 Å². The molecule has 6 rings (SSSR count). The topological polar surface area (TPSA) is 64.2 Å². The summed E-state index contributed by atoms with van der Waals surface area (Å²) in [5.41, 5.74) is 2.26. The molecular weight excluding hydrogens is 468 g/mol. The molecule has 5 aromatic rings. The van der Waals surface area contributed by atoms with Crippen LogP contribution in [-0.4, -0.2) is 32.8 Å². The number of benzene rings is 3. The first-order valence-electron chi connectivity index (χ1n) is 12.5. The van der Waals surface area contributed by atoms with E-state index in [0.29, 0.717) is 11.3 Å². The number of hydrogen-bond donors (Lipinski definition) is 0. The number of para-hydroxylation sites is 1. The third-order valence-corrected chi connectivity index (χ3v) is 8.03. The molecule has 1 saturated heterocycles. The van der Waals surface area contributed by atoms with Gasteiger partial charge in [-0.2, -0.15) is 0 Å². The summed E-state index contributed by atoms with van der Waals surface area (Å²) >= 11 is 1.60. The second-order valence-electron chi connectivity index (χ2n) is 9.32. The van der Waals surface area contributed by atoms with Gasteiger partial charge in [-0.3, -0.25) is 9.47 Å². The van der Waals surface area contributed by atoms with E-state index < -0.39 is 0 Å². The fraction of sp³-hybridized carbons (Fsp3) is 0.276. The standard InChI is InChI=1S/C29H28N4O2S/c1-20(32-16-8-3-9-17-32)28-30-31-29(33(28)23-11-4-2-5-12-23)36-19-22-18-26(34)35-25-15-14-21-10-6-7-13-24(21)27(22)25/h2,4-7,10-15,18,20H,3,8-9,16-17,19H2,1H3/t20-/m1/s1. The minimum absolute atomic E-state index is 0.167. The Kier molecular flexibility index (Phi) is 6.34. The van der Waals surface area contributed by atoms with E-state index in [0.717, 1.165) is 51.5 Å². The van der Waals surface area contributed by atoms with E-state index in [-0.39, 0.29) is 11.7 Å². The maximum absolute atomic E-state index is 12.4. The van der Waals surface area contributed by atoms with Gasteiger partial charge in [-0.1, -0.05) is 66.7 Å². The quantitative estimate of drug-likeness (QED) is 0.155. The number of piperidine rings is 1. The molecule has 1 aliphatic rings. The molecule has 36 heavy (non-hydrogen) atoms. The molecule has 0 bridgehead atoms. The summed E-state index contributed by atoms with van der Waals surface area (Å²) in [5.74, 6) is 1.53. The molecule has 1 fully saturated rings. The lowest BCUT2D eigenvalue weighted by atomic mass is 10.0. The van der Waals surface area contributed by atoms with Crippen LogP contribution < -0.4 is 5.63 Å². The minimum atomic E-state index is -0.336. The van der Waals surface area contributed by atoms with Gasteiger partial charge in [0.1, 0.15) is 5.58 Å². The lowest BCUT2D eigenvalue weighted by Crippen LogP contribution is -2.33. The second-order valence-corrected chi connectivity index (χ2v) is 10.3. The molecule has 0 aliphatic carbocycles. The first kappa shape index (κ1) is 23.0. The minimum Gasteiger partial charge on any atom is -0.423 e. The van der Waals surface area contributed by atoms with E-state index in [1.54, 1.807) is 17.8 Å². The zero-order valence-electron chi connectivity index (χ0n) is 20.3. The van der Waals surface area contributed by atoms with Crippen LogP contribution in [0.3, 0.4) is 0 Å². The van der Waals surface area contributed by atoms with Gasteiger partial charge < -0.3 is 4.42 Å². The number of fused-ring (bicyclic) bond motifs is 3. The highest BCUT2D eigenvalue weighted by Gasteiger charge is 2.25. The van der Waals surface area contributed by atoms with Crippen molar-refractivity contribution in [1.29, 1.82) is 0 Å². The van der Waals surface area contributed by atoms with Crippen molar-refractivity contribution in [1.82, 2.24) is 19.7 Å². The van der Waals surface area contributed by atoms with E-state index in [4.69, 9.17) is 4.42 Å². The maximum Gasteiger partial charge on any atom is 0.336 e. The molecule has 0 unspecified atom stereocenters. The largest absolute Gasteiger partial charge is 0.423 e. The SMILES string of the molecule is C[C@H](c1nnc(SCc2cc(=O)oc3ccc4ccccc4c23)n1-c1ccccc1)N1CCCCC1. The molecule has 2 aromatic heterocycles. The summed E-state index contributed by atoms with van der Waals surface area (Å²) in [5, 5.41) is 13.3. The van der Waals surface area contributed by atoms with Crippen molar-refractivity contribution >= 4 is 33.5 Å². The second kappa shape index (κ2) is 9.91. The highest BCUT2D eigenvalue weighted by molar-refractivity contribution is 7.98. The average Bonchev–Trinajstić information content (AvgIpc) is 3.36. The molecule has 0 amide bonds. The Balaban J connectivity index is 1.40. The number of hydrogen-bond acceptors (Lipinski definition) is 6. The van der Waals surface area contributed by atoms with Gasteiger partial charge in [0, 0.05) is 22.9 Å². The fourth-order valence-electron chi connectivity index (χ4n) is 5.21. The first-order chi connectivity index (χ1) is 17.7. The van der Waals surface area contributed by atoms with E-state index in [1.165, 1.54) is 19.3 Å². The number of likely N-dealkylation sites (tertiary alicyclic amines) is 1. The number of thioether (sulfide) groups is 1. The van der Waals surface area contributed by atoms with Crippen molar-refractivity contribution in [2.75, 3.05) is 13.1 Å². The van der Waals surface area contributed by atoms with Crippen LogP contribution in [0.25, 0.3) is 27.4 Å². The molecular formula is C29H28N4O2S. The zero-order chi connectivity index (χ0) is 24.5. The summed E-state index contributed by atoms with van der Waals surface area (Å²) in [6.45, 7) is 4.40. The molecule has 0 N–H and O–H groups in total. The molecule has 182 valence electrons. The van der Waals surface area contributed by atoms with Crippen molar-refractivity contribution < 1.29 is 4.42 Å². The summed E-state index contributed by atoms with van der Waals surface area (Å²) in [7, 11) is 0. The molecule has 3 aromatic carbocycles. The van der Waals surface area contributed by atoms with Gasteiger partial charge in [0.2, 0.25) is 0 Å². The van der Waals surface area contributed by atoms with Crippen molar-refractivity contribution in [3.63, 3.8) is 0 Å². The van der Waals surface area contributed by atoms with Crippen LogP contribution in [0.4, 0.5) is 0 Å². The van der Waals surface area contributed by atoms with Crippen LogP contribution in [0.15, 0.2) is 87.2 Å². The molecule has 6 nitrogen and oxygen atoms in total. The first-order valence-corrected chi connectivity index (χ1v) is 13.5. The monoisotopic (exact) mass is 496 g/mol. The molecule has 1 aliphatic heterocycles. The van der Waals surface area contributed by atoms with Crippen molar-refractivity contribution in [2.24, 2.45) is 0 Å². The van der Waals surface area contributed by atoms with Gasteiger partial charge in [-0.05, 0) is 67.4 Å². The van der Waals surface area contributed by atoms with Gasteiger partial charge in [0.05, 0.1) is 6.04 Å². The predicted molar refractivity (Wildman–Crippen MR) is 145 cm³/mol. The van der Waals surface area contributed by atoms with Gasteiger partial charge in [0.25, 0.3) is 0 Å². The summed E-state index contributed by atoms with van der Waals surface area (Å²) in [6.07, 6.45) is 3.75. The Hall–Kier alpha value is -3.42. The Labute approximate surface area is 213 Å².